The molecule has 12 nitrogen and oxygen atoms in total. The van der Waals surface area contributed by atoms with E-state index in [2.05, 4.69) is 49.8 Å². The first kappa shape index (κ1) is 20.3. The Labute approximate surface area is 102 Å². The molecule has 1 heterocycles. The van der Waals surface area contributed by atoms with Crippen molar-refractivity contribution in [3.8, 4) is 0 Å². The SMILES string of the molecule is NC(N)=O.NC(N)=O.NC(N)=O.c1cnnnc1. The van der Waals surface area contributed by atoms with Gasteiger partial charge in [0.15, 0.2) is 0 Å². The quantitative estimate of drug-likeness (QED) is 0.282. The molecule has 12 N–H and O–H groups in total. The summed E-state index contributed by atoms with van der Waals surface area (Å²) in [4.78, 5) is 27.0. The van der Waals surface area contributed by atoms with Crippen LogP contribution in [0.1, 0.15) is 0 Å². The van der Waals surface area contributed by atoms with Gasteiger partial charge in [-0.3, -0.25) is 0 Å². The molecule has 1 aromatic heterocycles. The topological polar surface area (TPSA) is 246 Å². The van der Waals surface area contributed by atoms with Crippen LogP contribution >= 0.6 is 0 Å². The van der Waals surface area contributed by atoms with Gasteiger partial charge in [-0.2, -0.15) is 0 Å². The Morgan fingerprint density at radius 3 is 0.944 bits per heavy atom. The number of aromatic nitrogens is 3. The number of amides is 6. The molecule has 0 aromatic carbocycles. The van der Waals surface area contributed by atoms with Crippen molar-refractivity contribution in [2.24, 2.45) is 34.4 Å². The van der Waals surface area contributed by atoms with Crippen molar-refractivity contribution >= 4 is 18.1 Å². The number of nitrogens with two attached hydrogens (primary N) is 6. The Hall–Kier alpha value is -3.18. The molecule has 18 heavy (non-hydrogen) atoms. The van der Waals surface area contributed by atoms with Crippen molar-refractivity contribution in [3.63, 3.8) is 0 Å². The van der Waals surface area contributed by atoms with Crippen LogP contribution in [0.15, 0.2) is 18.5 Å². The van der Waals surface area contributed by atoms with Crippen LogP contribution in [0.3, 0.4) is 0 Å². The summed E-state index contributed by atoms with van der Waals surface area (Å²) in [6.45, 7) is 0. The summed E-state index contributed by atoms with van der Waals surface area (Å²) in [5.41, 5.74) is 25.5. The fourth-order valence-corrected chi connectivity index (χ4v) is 0.205. The van der Waals surface area contributed by atoms with Gasteiger partial charge in [0.1, 0.15) is 0 Å². The van der Waals surface area contributed by atoms with Crippen molar-refractivity contribution in [2.45, 2.75) is 0 Å². The lowest BCUT2D eigenvalue weighted by Crippen LogP contribution is -2.18. The summed E-state index contributed by atoms with van der Waals surface area (Å²) in [6.07, 6.45) is 3.15. The molecule has 0 aliphatic heterocycles. The highest BCUT2D eigenvalue weighted by atomic mass is 16.2. The van der Waals surface area contributed by atoms with Gasteiger partial charge in [-0.15, -0.1) is 10.2 Å². The molecular weight excluding hydrogens is 246 g/mol. The predicted octanol–water partition coefficient (Wildman–Crippen LogP) is -3.06. The second kappa shape index (κ2) is 16.3. The minimum absolute atomic E-state index is 0.833. The van der Waals surface area contributed by atoms with Gasteiger partial charge in [-0.1, -0.05) is 0 Å². The lowest BCUT2D eigenvalue weighted by atomic mass is 10.7. The van der Waals surface area contributed by atoms with Crippen LogP contribution in [-0.2, 0) is 0 Å². The highest BCUT2D eigenvalue weighted by molar-refractivity contribution is 5.69. The maximum absolute atomic E-state index is 9.00. The normalized spacial score (nSPS) is 6.67. The molecule has 12 heteroatoms. The van der Waals surface area contributed by atoms with Crippen LogP contribution in [-0.4, -0.2) is 33.5 Å². The van der Waals surface area contributed by atoms with Crippen molar-refractivity contribution < 1.29 is 14.4 Å². The Kier molecular flexibility index (Phi) is 18.3. The summed E-state index contributed by atoms with van der Waals surface area (Å²) in [5, 5.41) is 10.1. The van der Waals surface area contributed by atoms with Crippen LogP contribution < -0.4 is 34.4 Å². The predicted molar refractivity (Wildman–Crippen MR) is 61.1 cm³/mol. The van der Waals surface area contributed by atoms with Gasteiger partial charge >= 0.3 is 18.1 Å². The minimum Gasteiger partial charge on any atom is -0.352 e. The van der Waals surface area contributed by atoms with E-state index in [0.29, 0.717) is 0 Å². The molecule has 1 rings (SSSR count). The first-order valence-electron chi connectivity index (χ1n) is 3.93. The number of nitrogens with zero attached hydrogens (tertiary/aromatic N) is 3. The fraction of sp³-hybridized carbons (Fsp3) is 0. The van der Waals surface area contributed by atoms with Crippen LogP contribution in [0.4, 0.5) is 14.4 Å². The third-order valence-electron chi connectivity index (χ3n) is 0.409. The second-order valence-electron chi connectivity index (χ2n) is 2.02. The maximum Gasteiger partial charge on any atom is 0.309 e. The van der Waals surface area contributed by atoms with Crippen LogP contribution in [0.2, 0.25) is 0 Å². The molecule has 0 bridgehead atoms. The molecule has 0 fully saturated rings. The summed E-state index contributed by atoms with van der Waals surface area (Å²) < 4.78 is 0. The van der Waals surface area contributed by atoms with E-state index in [1.165, 1.54) is 0 Å². The lowest BCUT2D eigenvalue weighted by Gasteiger charge is -1.68. The first-order chi connectivity index (χ1) is 8.20. The summed E-state index contributed by atoms with van der Waals surface area (Å²) in [5.74, 6) is 0. The van der Waals surface area contributed by atoms with Crippen LogP contribution in [0.25, 0.3) is 0 Å². The van der Waals surface area contributed by atoms with E-state index < -0.39 is 18.1 Å². The van der Waals surface area contributed by atoms with Crippen molar-refractivity contribution in [3.05, 3.63) is 18.5 Å². The number of carbonyl (C=O) groups excluding carboxylic acids is 3. The molecule has 0 unspecified atom stereocenters. The van der Waals surface area contributed by atoms with Gasteiger partial charge in [-0.05, 0) is 11.3 Å². The number of primary amides is 6. The zero-order valence-electron chi connectivity index (χ0n) is 9.26. The van der Waals surface area contributed by atoms with Crippen molar-refractivity contribution in [1.29, 1.82) is 0 Å². The highest BCUT2D eigenvalue weighted by Crippen LogP contribution is 1.61. The molecule has 0 radical (unpaired) electrons. The zero-order chi connectivity index (χ0) is 15.0. The van der Waals surface area contributed by atoms with Crippen LogP contribution in [0, 0.1) is 0 Å². The lowest BCUT2D eigenvalue weighted by molar-refractivity contribution is 0.255. The smallest absolute Gasteiger partial charge is 0.309 e. The fourth-order valence-electron chi connectivity index (χ4n) is 0.205. The van der Waals surface area contributed by atoms with Gasteiger partial charge in [0.05, 0.1) is 12.4 Å². The largest absolute Gasteiger partial charge is 0.352 e. The van der Waals surface area contributed by atoms with Crippen molar-refractivity contribution in [2.75, 3.05) is 0 Å². The van der Waals surface area contributed by atoms with Crippen molar-refractivity contribution in [1.82, 2.24) is 15.4 Å². The molecule has 6 amide bonds. The molecular formula is C6H15N9O3. The van der Waals surface area contributed by atoms with E-state index in [4.69, 9.17) is 14.4 Å². The van der Waals surface area contributed by atoms with Gasteiger partial charge < -0.3 is 34.4 Å². The third-order valence-corrected chi connectivity index (χ3v) is 0.409. The number of rotatable bonds is 0. The van der Waals surface area contributed by atoms with E-state index in [1.807, 2.05) is 0 Å². The number of urea groups is 3. The molecule has 0 atom stereocenters. The Morgan fingerprint density at radius 2 is 0.889 bits per heavy atom. The number of carbonyl (C=O) groups is 3. The highest BCUT2D eigenvalue weighted by Gasteiger charge is 1.61. The molecule has 102 valence electrons. The van der Waals surface area contributed by atoms with E-state index in [9.17, 15) is 0 Å². The molecule has 1 aromatic rings. The van der Waals surface area contributed by atoms with Gasteiger partial charge in [-0.25, -0.2) is 14.4 Å². The number of hydrogen-bond acceptors (Lipinski definition) is 6. The molecule has 0 aliphatic carbocycles. The minimum atomic E-state index is -0.833. The van der Waals surface area contributed by atoms with Gasteiger partial charge in [0.25, 0.3) is 0 Å². The average Bonchev–Trinajstić information content (AvgIpc) is 2.17. The summed E-state index contributed by atoms with van der Waals surface area (Å²) in [6, 6.07) is -0.785. The van der Waals surface area contributed by atoms with Gasteiger partial charge in [0, 0.05) is 0 Å². The molecule has 0 aliphatic rings. The zero-order valence-corrected chi connectivity index (χ0v) is 9.26. The first-order valence-corrected chi connectivity index (χ1v) is 3.93. The second-order valence-corrected chi connectivity index (χ2v) is 2.02. The number of hydrogen-bond donors (Lipinski definition) is 6. The van der Waals surface area contributed by atoms with E-state index in [-0.39, 0.29) is 0 Å². The van der Waals surface area contributed by atoms with Crippen LogP contribution in [0.5, 0.6) is 0 Å². The van der Waals surface area contributed by atoms with E-state index >= 15 is 0 Å². The standard InChI is InChI=1S/C3H3N3.3CH4N2O/c1-2-4-6-5-3-1;3*2-1(3)4/h1-3H;3*(H4,2,3,4). The molecule has 0 spiro atoms. The van der Waals surface area contributed by atoms with E-state index in [0.717, 1.165) is 0 Å². The Bertz CT molecular complexity index is 263. The summed E-state index contributed by atoms with van der Waals surface area (Å²) in [7, 11) is 0. The monoisotopic (exact) mass is 261 g/mol. The molecule has 0 saturated carbocycles. The average molecular weight is 261 g/mol. The third kappa shape index (κ3) is 225. The Balaban J connectivity index is -0.000000171. The maximum atomic E-state index is 9.00. The van der Waals surface area contributed by atoms with E-state index in [1.54, 1.807) is 18.5 Å². The Morgan fingerprint density at radius 1 is 0.667 bits per heavy atom. The summed E-state index contributed by atoms with van der Waals surface area (Å²) >= 11 is 0. The van der Waals surface area contributed by atoms with Gasteiger partial charge in [0.2, 0.25) is 0 Å². The molecule has 0 saturated heterocycles.